The summed E-state index contributed by atoms with van der Waals surface area (Å²) < 4.78 is 0. The molecule has 7 aromatic rings. The minimum absolute atomic E-state index is 0.0806. The van der Waals surface area contributed by atoms with Gasteiger partial charge in [0.2, 0.25) is 0 Å². The average molecular weight is 597 g/mol. The minimum Gasteiger partial charge on any atom is -0.248 e. The Bertz CT molecular complexity index is 1800. The topological polar surface area (TPSA) is 25.8 Å². The third-order valence-corrected chi connectivity index (χ3v) is 9.38. The van der Waals surface area contributed by atoms with Crippen molar-refractivity contribution in [2.45, 2.75) is 0 Å². The standard InChI is InChI=1S/C40H29N2PSi/c43-44-36-22-32(34-24-37(28-13-5-1-6-14-28)41-38(25-34)29-15-7-2-8-16-29)21-33(23-36)35-26-39(30-17-9-3-10-18-30)42-40(27-35)31-19-11-4-12-20-31/h1-27,43-44H. The van der Waals surface area contributed by atoms with Crippen LogP contribution in [0, 0.1) is 0 Å². The van der Waals surface area contributed by atoms with Gasteiger partial charge in [0.15, 0.2) is 0 Å². The molecule has 208 valence electrons. The van der Waals surface area contributed by atoms with E-state index in [0.29, 0.717) is 0 Å². The number of rotatable bonds is 7. The molecule has 2 nitrogen and oxygen atoms in total. The second-order valence-corrected chi connectivity index (χ2v) is 12.5. The van der Waals surface area contributed by atoms with Gasteiger partial charge < -0.3 is 0 Å². The van der Waals surface area contributed by atoms with Gasteiger partial charge in [-0.05, 0) is 57.8 Å². The molecule has 7 rings (SSSR count). The lowest BCUT2D eigenvalue weighted by Gasteiger charge is -2.14. The molecule has 0 amide bonds. The van der Waals surface area contributed by atoms with E-state index >= 15 is 0 Å². The summed E-state index contributed by atoms with van der Waals surface area (Å²) in [7, 11) is 3.81. The molecule has 4 heteroatoms. The summed E-state index contributed by atoms with van der Waals surface area (Å²) in [6, 6.07) is 57.5. The first-order chi connectivity index (χ1) is 21.7. The molecule has 2 heterocycles. The van der Waals surface area contributed by atoms with Gasteiger partial charge in [-0.15, -0.1) is 0 Å². The van der Waals surface area contributed by atoms with Gasteiger partial charge in [-0.1, -0.05) is 133 Å². The molecular formula is C40H29N2PSi. The smallest absolute Gasteiger partial charge is 0.0715 e. The van der Waals surface area contributed by atoms with E-state index in [1.807, 2.05) is 24.3 Å². The summed E-state index contributed by atoms with van der Waals surface area (Å²) in [4.78, 5) is 10.2. The lowest BCUT2D eigenvalue weighted by molar-refractivity contribution is 1.32. The van der Waals surface area contributed by atoms with Gasteiger partial charge in [0.05, 0.1) is 31.5 Å². The summed E-state index contributed by atoms with van der Waals surface area (Å²) in [5, 5.41) is 1.29. The molecule has 0 fully saturated rings. The van der Waals surface area contributed by atoms with E-state index in [1.54, 1.807) is 0 Å². The third kappa shape index (κ3) is 6.02. The van der Waals surface area contributed by atoms with Gasteiger partial charge >= 0.3 is 0 Å². The Morgan fingerprint density at radius 3 is 0.864 bits per heavy atom. The SMILES string of the molecule is P=[SiH]c1cc(-c2cc(-c3ccccc3)nc(-c3ccccc3)c2)cc(-c2cc(-c3ccccc3)nc(-c3ccccc3)c2)c1. The Labute approximate surface area is 262 Å². The van der Waals surface area contributed by atoms with Gasteiger partial charge in [0, 0.05) is 22.3 Å². The fraction of sp³-hybridized carbons (Fsp3) is 0. The van der Waals surface area contributed by atoms with Gasteiger partial charge in [-0.25, -0.2) is 9.97 Å². The maximum absolute atomic E-state index is 5.10. The highest BCUT2D eigenvalue weighted by Gasteiger charge is 2.13. The summed E-state index contributed by atoms with van der Waals surface area (Å²) in [5.41, 5.74) is 12.8. The number of benzene rings is 5. The van der Waals surface area contributed by atoms with E-state index in [1.165, 1.54) is 16.3 Å². The number of hydrogen-bond donors (Lipinski definition) is 0. The molecule has 0 aliphatic heterocycles. The first kappa shape index (κ1) is 27.7. The van der Waals surface area contributed by atoms with Crippen molar-refractivity contribution >= 4 is 22.3 Å². The molecule has 0 aliphatic carbocycles. The molecule has 0 N–H and O–H groups in total. The van der Waals surface area contributed by atoms with E-state index < -0.39 is 0 Å². The van der Waals surface area contributed by atoms with Crippen LogP contribution in [0.3, 0.4) is 0 Å². The largest absolute Gasteiger partial charge is 0.248 e. The first-order valence-electron chi connectivity index (χ1n) is 14.7. The normalized spacial score (nSPS) is 10.8. The Kier molecular flexibility index (Phi) is 7.97. The van der Waals surface area contributed by atoms with Crippen LogP contribution in [0.25, 0.3) is 67.3 Å². The predicted octanol–water partition coefficient (Wildman–Crippen LogP) is 9.60. The Balaban J connectivity index is 1.42. The highest BCUT2D eigenvalue weighted by Crippen LogP contribution is 2.34. The molecule has 0 unspecified atom stereocenters. The molecule has 2 aromatic heterocycles. The molecule has 0 saturated heterocycles. The molecular weight excluding hydrogens is 568 g/mol. The van der Waals surface area contributed by atoms with E-state index in [-0.39, 0.29) is 8.77 Å². The van der Waals surface area contributed by atoms with Crippen LogP contribution in [-0.2, 0) is 0 Å². The van der Waals surface area contributed by atoms with Crippen LogP contribution in [-0.4, -0.2) is 18.7 Å². The monoisotopic (exact) mass is 596 g/mol. The number of hydrogen-bond acceptors (Lipinski definition) is 2. The lowest BCUT2D eigenvalue weighted by Crippen LogP contribution is -2.06. The fourth-order valence-corrected chi connectivity index (χ4v) is 6.52. The van der Waals surface area contributed by atoms with Gasteiger partial charge in [0.25, 0.3) is 0 Å². The van der Waals surface area contributed by atoms with Crippen LogP contribution in [0.4, 0.5) is 0 Å². The molecule has 0 aliphatic rings. The molecule has 0 bridgehead atoms. The third-order valence-electron chi connectivity index (χ3n) is 7.72. The Hall–Kier alpha value is -5.08. The maximum Gasteiger partial charge on any atom is 0.0715 e. The van der Waals surface area contributed by atoms with Gasteiger partial charge in [-0.3, -0.25) is 0 Å². The zero-order valence-electron chi connectivity index (χ0n) is 24.1. The van der Waals surface area contributed by atoms with E-state index in [0.717, 1.165) is 56.2 Å². The molecule has 0 saturated carbocycles. The van der Waals surface area contributed by atoms with Crippen molar-refractivity contribution in [2.75, 3.05) is 0 Å². The van der Waals surface area contributed by atoms with Crippen LogP contribution >= 0.6 is 8.38 Å². The quantitative estimate of drug-likeness (QED) is 0.135. The first-order valence-corrected chi connectivity index (χ1v) is 17.5. The van der Waals surface area contributed by atoms with Gasteiger partial charge in [0.1, 0.15) is 0 Å². The Morgan fingerprint density at radius 1 is 0.318 bits per heavy atom. The minimum atomic E-state index is -0.0806. The number of nitrogens with zero attached hydrogens (tertiary/aromatic N) is 2. The van der Waals surface area contributed by atoms with Crippen LogP contribution in [0.15, 0.2) is 164 Å². The molecule has 0 spiro atoms. The van der Waals surface area contributed by atoms with E-state index in [4.69, 9.17) is 9.97 Å². The predicted molar refractivity (Wildman–Crippen MR) is 190 cm³/mol. The second-order valence-electron chi connectivity index (χ2n) is 10.7. The number of aromatic nitrogens is 2. The van der Waals surface area contributed by atoms with Crippen LogP contribution in [0.1, 0.15) is 0 Å². The van der Waals surface area contributed by atoms with Crippen molar-refractivity contribution in [1.82, 2.24) is 9.97 Å². The van der Waals surface area contributed by atoms with Crippen molar-refractivity contribution in [3.63, 3.8) is 0 Å². The van der Waals surface area contributed by atoms with Crippen LogP contribution in [0.2, 0.25) is 0 Å². The van der Waals surface area contributed by atoms with Crippen molar-refractivity contribution in [3.8, 4) is 67.3 Å². The molecule has 5 aromatic carbocycles. The highest BCUT2D eigenvalue weighted by molar-refractivity contribution is 7.33. The lowest BCUT2D eigenvalue weighted by atomic mass is 9.95. The molecule has 0 radical (unpaired) electrons. The van der Waals surface area contributed by atoms with E-state index in [9.17, 15) is 0 Å². The summed E-state index contributed by atoms with van der Waals surface area (Å²) >= 11 is 0. The number of pyridine rings is 2. The van der Waals surface area contributed by atoms with Crippen molar-refractivity contribution in [1.29, 1.82) is 0 Å². The van der Waals surface area contributed by atoms with Crippen molar-refractivity contribution in [3.05, 3.63) is 164 Å². The van der Waals surface area contributed by atoms with Gasteiger partial charge in [-0.2, -0.15) is 8.38 Å². The zero-order valence-corrected chi connectivity index (χ0v) is 26.2. The van der Waals surface area contributed by atoms with Crippen LogP contribution < -0.4 is 5.19 Å². The maximum atomic E-state index is 5.10. The second kappa shape index (κ2) is 12.6. The van der Waals surface area contributed by atoms with Crippen molar-refractivity contribution < 1.29 is 0 Å². The van der Waals surface area contributed by atoms with Crippen LogP contribution in [0.5, 0.6) is 0 Å². The van der Waals surface area contributed by atoms with E-state index in [2.05, 4.69) is 148 Å². The highest BCUT2D eigenvalue weighted by atomic mass is 31.1. The summed E-state index contributed by atoms with van der Waals surface area (Å²) in [5.74, 6) is 0. The Morgan fingerprint density at radius 2 is 0.591 bits per heavy atom. The molecule has 44 heavy (non-hydrogen) atoms. The zero-order chi connectivity index (χ0) is 29.7. The fourth-order valence-electron chi connectivity index (χ4n) is 5.49. The summed E-state index contributed by atoms with van der Waals surface area (Å²) in [6.07, 6.45) is 0. The summed E-state index contributed by atoms with van der Waals surface area (Å²) in [6.45, 7) is 0. The average Bonchev–Trinajstić information content (AvgIpc) is 3.12. The molecule has 0 atom stereocenters. The van der Waals surface area contributed by atoms with Crippen molar-refractivity contribution in [2.24, 2.45) is 0 Å².